The molecule has 0 saturated carbocycles. The quantitative estimate of drug-likeness (QED) is 0.412. The minimum Gasteiger partial charge on any atom is -0.457 e. The number of carbonyl (C=O) groups excluding carboxylic acids is 1. The van der Waals surface area contributed by atoms with Crippen LogP contribution in [0.2, 0.25) is 0 Å². The summed E-state index contributed by atoms with van der Waals surface area (Å²) in [5.41, 5.74) is 5.56. The van der Waals surface area contributed by atoms with Crippen LogP contribution in [0.15, 0.2) is 54.7 Å². The molecule has 0 radical (unpaired) electrons. The van der Waals surface area contributed by atoms with Gasteiger partial charge in [-0.2, -0.15) is 5.10 Å². The Morgan fingerprint density at radius 2 is 1.83 bits per heavy atom. The summed E-state index contributed by atoms with van der Waals surface area (Å²) in [4.78, 5) is 19.9. The predicted octanol–water partition coefficient (Wildman–Crippen LogP) is 5.12. The molecule has 2 aromatic carbocycles. The zero-order chi connectivity index (χ0) is 25.2. The summed E-state index contributed by atoms with van der Waals surface area (Å²) >= 11 is 0. The van der Waals surface area contributed by atoms with Gasteiger partial charge in [0.2, 0.25) is 0 Å². The second kappa shape index (κ2) is 10.1. The number of likely N-dealkylation sites (tertiary alicyclic amines) is 1. The van der Waals surface area contributed by atoms with E-state index in [0.29, 0.717) is 5.75 Å². The van der Waals surface area contributed by atoms with Crippen molar-refractivity contribution in [2.75, 3.05) is 20.1 Å². The third kappa shape index (κ3) is 4.97. The van der Waals surface area contributed by atoms with Crippen molar-refractivity contribution in [2.45, 2.75) is 39.2 Å². The highest BCUT2D eigenvalue weighted by Crippen LogP contribution is 2.30. The van der Waals surface area contributed by atoms with Crippen LogP contribution in [-0.4, -0.2) is 51.8 Å². The number of rotatable bonds is 6. The number of fused-ring (bicyclic) bond motifs is 1. The van der Waals surface area contributed by atoms with Crippen LogP contribution in [-0.2, 0) is 13.5 Å². The number of carbonyl (C=O) groups is 1. The van der Waals surface area contributed by atoms with E-state index in [2.05, 4.69) is 40.3 Å². The molecule has 1 N–H and O–H groups in total. The van der Waals surface area contributed by atoms with Crippen molar-refractivity contribution in [3.05, 3.63) is 71.5 Å². The molecule has 1 aliphatic rings. The van der Waals surface area contributed by atoms with Crippen molar-refractivity contribution < 1.29 is 9.53 Å². The maximum absolute atomic E-state index is 13.0. The fraction of sp³-hybridized carbons (Fsp3) is 0.345. The Bertz CT molecular complexity index is 1400. The summed E-state index contributed by atoms with van der Waals surface area (Å²) in [6, 6.07) is 16.0. The molecule has 36 heavy (non-hydrogen) atoms. The van der Waals surface area contributed by atoms with E-state index in [1.165, 1.54) is 0 Å². The molecule has 0 bridgehead atoms. The lowest BCUT2D eigenvalue weighted by molar-refractivity contribution is 0.0916. The highest BCUT2D eigenvalue weighted by atomic mass is 16.5. The van der Waals surface area contributed by atoms with E-state index < -0.39 is 0 Å². The summed E-state index contributed by atoms with van der Waals surface area (Å²) in [6.45, 7) is 6.12. The molecule has 1 fully saturated rings. The van der Waals surface area contributed by atoms with Crippen LogP contribution in [0, 0.1) is 6.92 Å². The number of hydrogen-bond acceptors (Lipinski definition) is 5. The normalized spacial score (nSPS) is 14.8. The SMILES string of the molecule is CCc1cc(-c2cc(Oc3ccc4c(C)nn(C)c4c3)ccn2)ccc1C(=O)NC1CCN(C)CC1. The molecule has 0 aliphatic carbocycles. The number of pyridine rings is 1. The molecule has 1 amide bonds. The first-order valence-corrected chi connectivity index (χ1v) is 12.6. The lowest BCUT2D eigenvalue weighted by Crippen LogP contribution is -2.43. The molecule has 0 spiro atoms. The van der Waals surface area contributed by atoms with E-state index in [1.54, 1.807) is 6.20 Å². The van der Waals surface area contributed by atoms with Crippen LogP contribution in [0.3, 0.4) is 0 Å². The van der Waals surface area contributed by atoms with Gasteiger partial charge in [-0.15, -0.1) is 0 Å². The first-order valence-electron chi connectivity index (χ1n) is 12.6. The minimum atomic E-state index is 0.0128. The summed E-state index contributed by atoms with van der Waals surface area (Å²) < 4.78 is 8.04. The van der Waals surface area contributed by atoms with Gasteiger partial charge in [-0.3, -0.25) is 14.5 Å². The topological polar surface area (TPSA) is 72.3 Å². The Morgan fingerprint density at radius 3 is 2.61 bits per heavy atom. The molecule has 186 valence electrons. The van der Waals surface area contributed by atoms with Gasteiger partial charge in [-0.25, -0.2) is 0 Å². The van der Waals surface area contributed by atoms with Crippen molar-refractivity contribution in [3.63, 3.8) is 0 Å². The maximum Gasteiger partial charge on any atom is 0.251 e. The summed E-state index contributed by atoms with van der Waals surface area (Å²) in [5, 5.41) is 8.84. The number of nitrogens with one attached hydrogen (secondary N) is 1. The molecule has 0 atom stereocenters. The molecule has 2 aromatic heterocycles. The van der Waals surface area contributed by atoms with Gasteiger partial charge in [0.05, 0.1) is 16.9 Å². The number of piperidine rings is 1. The average Bonchev–Trinajstić information content (AvgIpc) is 3.17. The average molecular weight is 484 g/mol. The van der Waals surface area contributed by atoms with E-state index in [-0.39, 0.29) is 11.9 Å². The predicted molar refractivity (Wildman–Crippen MR) is 143 cm³/mol. The number of nitrogens with zero attached hydrogens (tertiary/aromatic N) is 4. The lowest BCUT2D eigenvalue weighted by atomic mass is 9.98. The largest absolute Gasteiger partial charge is 0.457 e. The number of ether oxygens (including phenoxy) is 1. The molecule has 1 saturated heterocycles. The molecule has 7 heteroatoms. The van der Waals surface area contributed by atoms with Crippen LogP contribution in [0.4, 0.5) is 0 Å². The minimum absolute atomic E-state index is 0.0128. The highest BCUT2D eigenvalue weighted by Gasteiger charge is 2.20. The van der Waals surface area contributed by atoms with Gasteiger partial charge >= 0.3 is 0 Å². The van der Waals surface area contributed by atoms with Gasteiger partial charge in [-0.1, -0.05) is 13.0 Å². The zero-order valence-corrected chi connectivity index (χ0v) is 21.4. The third-order valence-electron chi connectivity index (χ3n) is 7.06. The lowest BCUT2D eigenvalue weighted by Gasteiger charge is -2.29. The van der Waals surface area contributed by atoms with Gasteiger partial charge in [0.25, 0.3) is 5.91 Å². The molecule has 4 aromatic rings. The van der Waals surface area contributed by atoms with Crippen LogP contribution in [0.1, 0.15) is 41.4 Å². The third-order valence-corrected chi connectivity index (χ3v) is 7.06. The van der Waals surface area contributed by atoms with Crippen LogP contribution in [0.5, 0.6) is 11.5 Å². The molecule has 5 rings (SSSR count). The Labute approximate surface area is 212 Å². The van der Waals surface area contributed by atoms with Crippen LogP contribution >= 0.6 is 0 Å². The Balaban J connectivity index is 1.34. The van der Waals surface area contributed by atoms with Gasteiger partial charge in [0, 0.05) is 47.9 Å². The molecular formula is C29H33N5O2. The number of amides is 1. The Kier molecular flexibility index (Phi) is 6.74. The standard InChI is InChI=1S/C29H33N5O2/c1-5-20-16-21(6-8-26(20)29(35)31-22-11-14-33(3)15-12-22)27-17-24(10-13-30-27)36-23-7-9-25-19(2)32-34(4)28(25)18-23/h6-10,13,16-18,22H,5,11-12,14-15H2,1-4H3,(H,31,35). The highest BCUT2D eigenvalue weighted by molar-refractivity contribution is 5.96. The number of aromatic nitrogens is 3. The monoisotopic (exact) mass is 483 g/mol. The van der Waals surface area contributed by atoms with Gasteiger partial charge in [0.1, 0.15) is 11.5 Å². The molecule has 3 heterocycles. The molecular weight excluding hydrogens is 450 g/mol. The van der Waals surface area contributed by atoms with Crippen molar-refractivity contribution in [1.29, 1.82) is 0 Å². The summed E-state index contributed by atoms with van der Waals surface area (Å²) in [5.74, 6) is 1.47. The van der Waals surface area contributed by atoms with E-state index in [9.17, 15) is 4.79 Å². The van der Waals surface area contributed by atoms with Gasteiger partial charge in [-0.05, 0) is 82.2 Å². The van der Waals surface area contributed by atoms with Gasteiger partial charge in [0.15, 0.2) is 0 Å². The Hall–Kier alpha value is -3.71. The number of aryl methyl sites for hydroxylation is 3. The van der Waals surface area contributed by atoms with E-state index in [1.807, 2.05) is 61.1 Å². The Morgan fingerprint density at radius 1 is 1.06 bits per heavy atom. The van der Waals surface area contributed by atoms with Crippen LogP contribution < -0.4 is 10.1 Å². The van der Waals surface area contributed by atoms with Crippen molar-refractivity contribution in [2.24, 2.45) is 7.05 Å². The second-order valence-corrected chi connectivity index (χ2v) is 9.64. The fourth-order valence-corrected chi connectivity index (χ4v) is 4.93. The van der Waals surface area contributed by atoms with Crippen molar-refractivity contribution in [3.8, 4) is 22.8 Å². The van der Waals surface area contributed by atoms with Crippen molar-refractivity contribution in [1.82, 2.24) is 25.0 Å². The molecule has 1 aliphatic heterocycles. The smallest absolute Gasteiger partial charge is 0.251 e. The van der Waals surface area contributed by atoms with Crippen molar-refractivity contribution >= 4 is 16.8 Å². The van der Waals surface area contributed by atoms with Crippen LogP contribution in [0.25, 0.3) is 22.2 Å². The molecule has 0 unspecified atom stereocenters. The first-order chi connectivity index (χ1) is 17.4. The van der Waals surface area contributed by atoms with Gasteiger partial charge < -0.3 is 15.0 Å². The maximum atomic E-state index is 13.0. The zero-order valence-electron chi connectivity index (χ0n) is 21.4. The second-order valence-electron chi connectivity index (χ2n) is 9.64. The number of benzene rings is 2. The molecule has 7 nitrogen and oxygen atoms in total. The van der Waals surface area contributed by atoms with E-state index >= 15 is 0 Å². The summed E-state index contributed by atoms with van der Waals surface area (Å²) in [7, 11) is 4.06. The number of hydrogen-bond donors (Lipinski definition) is 1. The fourth-order valence-electron chi connectivity index (χ4n) is 4.93. The van der Waals surface area contributed by atoms with E-state index in [4.69, 9.17) is 4.74 Å². The van der Waals surface area contributed by atoms with E-state index in [0.717, 1.165) is 77.1 Å². The first kappa shape index (κ1) is 24.0. The summed E-state index contributed by atoms with van der Waals surface area (Å²) in [6.07, 6.45) is 4.51.